The molecule has 0 spiro atoms. The monoisotopic (exact) mass is 576 g/mol. The zero-order valence-corrected chi connectivity index (χ0v) is 24.8. The van der Waals surface area contributed by atoms with E-state index in [1.165, 1.54) is 33.4 Å². The van der Waals surface area contributed by atoms with Crippen molar-refractivity contribution in [3.05, 3.63) is 204 Å². The molecule has 0 heterocycles. The number of benzene rings is 7. The summed E-state index contributed by atoms with van der Waals surface area (Å²) in [6.45, 7) is 0. The summed E-state index contributed by atoms with van der Waals surface area (Å²) in [7, 11) is 0. The minimum Gasteiger partial charge on any atom is -0.398 e. The Bertz CT molecular complexity index is 2010. The van der Waals surface area contributed by atoms with Crippen LogP contribution < -0.4 is 10.6 Å². The molecule has 45 heavy (non-hydrogen) atoms. The maximum absolute atomic E-state index is 7.01. The third-order valence-electron chi connectivity index (χ3n) is 9.09. The number of rotatable bonds is 6. The summed E-state index contributed by atoms with van der Waals surface area (Å²) in [5.74, 6) is 0. The number of nitrogens with zero attached hydrogens (tertiary/aromatic N) is 1. The molecule has 0 amide bonds. The average Bonchev–Trinajstić information content (AvgIpc) is 3.40. The minimum absolute atomic E-state index is 0.461. The number of anilines is 4. The van der Waals surface area contributed by atoms with Crippen LogP contribution in [-0.2, 0) is 5.41 Å². The van der Waals surface area contributed by atoms with E-state index in [2.05, 4.69) is 187 Å². The first-order chi connectivity index (χ1) is 22.2. The van der Waals surface area contributed by atoms with Crippen molar-refractivity contribution in [2.24, 2.45) is 0 Å². The summed E-state index contributed by atoms with van der Waals surface area (Å²) in [4.78, 5) is 2.28. The minimum atomic E-state index is -0.461. The molecule has 0 saturated carbocycles. The summed E-state index contributed by atoms with van der Waals surface area (Å²) in [5.41, 5.74) is 20.2. The lowest BCUT2D eigenvalue weighted by atomic mass is 9.67. The number of hydrogen-bond acceptors (Lipinski definition) is 2. The predicted molar refractivity (Wildman–Crippen MR) is 188 cm³/mol. The van der Waals surface area contributed by atoms with Gasteiger partial charge in [-0.15, -0.1) is 0 Å². The first kappa shape index (κ1) is 26.7. The molecule has 1 aliphatic rings. The molecule has 0 fully saturated rings. The number of nitrogens with two attached hydrogens (primary N) is 1. The Morgan fingerprint density at radius 1 is 0.378 bits per heavy atom. The Labute approximate surface area is 264 Å². The number of hydrogen-bond donors (Lipinski definition) is 1. The van der Waals surface area contributed by atoms with Crippen LogP contribution in [0.3, 0.4) is 0 Å². The van der Waals surface area contributed by atoms with Gasteiger partial charge in [0.05, 0.1) is 5.41 Å². The van der Waals surface area contributed by atoms with Crippen LogP contribution in [0, 0.1) is 0 Å². The maximum Gasteiger partial charge on any atom is 0.0714 e. The molecule has 7 aromatic rings. The van der Waals surface area contributed by atoms with Gasteiger partial charge in [-0.25, -0.2) is 0 Å². The van der Waals surface area contributed by atoms with Crippen LogP contribution in [0.15, 0.2) is 182 Å². The fraction of sp³-hybridized carbons (Fsp3) is 0.0233. The van der Waals surface area contributed by atoms with E-state index in [-0.39, 0.29) is 0 Å². The summed E-state index contributed by atoms with van der Waals surface area (Å²) in [6.07, 6.45) is 0. The van der Waals surface area contributed by atoms with E-state index in [0.717, 1.165) is 33.9 Å². The Hall–Kier alpha value is -5.86. The topological polar surface area (TPSA) is 29.3 Å². The normalized spacial score (nSPS) is 12.7. The summed E-state index contributed by atoms with van der Waals surface area (Å²) in [5, 5.41) is 0. The molecule has 0 unspecified atom stereocenters. The molecule has 0 aliphatic heterocycles. The quantitative estimate of drug-likeness (QED) is 0.200. The maximum atomic E-state index is 7.01. The predicted octanol–water partition coefficient (Wildman–Crippen LogP) is 10.8. The Morgan fingerprint density at radius 3 is 1.40 bits per heavy atom. The number of nitrogen functional groups attached to an aromatic ring is 1. The van der Waals surface area contributed by atoms with Crippen LogP contribution in [0.5, 0.6) is 0 Å². The van der Waals surface area contributed by atoms with Gasteiger partial charge in [-0.2, -0.15) is 0 Å². The highest BCUT2D eigenvalue weighted by Gasteiger charge is 2.46. The Kier molecular flexibility index (Phi) is 6.54. The van der Waals surface area contributed by atoms with Crippen molar-refractivity contribution in [3.8, 4) is 22.3 Å². The molecule has 7 aromatic carbocycles. The van der Waals surface area contributed by atoms with Crippen molar-refractivity contribution >= 4 is 22.7 Å². The van der Waals surface area contributed by atoms with Gasteiger partial charge in [0.1, 0.15) is 0 Å². The number of para-hydroxylation sites is 2. The van der Waals surface area contributed by atoms with Crippen LogP contribution in [0.4, 0.5) is 22.7 Å². The van der Waals surface area contributed by atoms with Crippen LogP contribution in [0.2, 0.25) is 0 Å². The lowest BCUT2D eigenvalue weighted by Crippen LogP contribution is -2.28. The lowest BCUT2D eigenvalue weighted by Gasteiger charge is -2.34. The second-order valence-electron chi connectivity index (χ2n) is 11.6. The fourth-order valence-corrected chi connectivity index (χ4v) is 7.15. The van der Waals surface area contributed by atoms with Crippen molar-refractivity contribution in [3.63, 3.8) is 0 Å². The molecular weight excluding hydrogens is 544 g/mol. The van der Waals surface area contributed by atoms with Crippen molar-refractivity contribution in [2.75, 3.05) is 10.6 Å². The van der Waals surface area contributed by atoms with Crippen molar-refractivity contribution in [1.82, 2.24) is 0 Å². The standard InChI is InChI=1S/C43H32N2/c44-42-30-41-39(37-23-13-14-24-40(37)43(41,32-15-5-1-6-16-32)33-17-7-2-8-18-33)29-38(42)31-25-27-36(28-26-31)45(34-19-9-3-10-20-34)35-21-11-4-12-22-35/h1-30H,44H2. The molecule has 2 heteroatoms. The van der Waals surface area contributed by atoms with E-state index in [1.807, 2.05) is 0 Å². The zero-order valence-electron chi connectivity index (χ0n) is 24.8. The molecule has 2 nitrogen and oxygen atoms in total. The summed E-state index contributed by atoms with van der Waals surface area (Å²) in [6, 6.07) is 64.8. The fourth-order valence-electron chi connectivity index (χ4n) is 7.15. The Morgan fingerprint density at radius 2 is 0.844 bits per heavy atom. The van der Waals surface area contributed by atoms with Crippen molar-refractivity contribution in [2.45, 2.75) is 5.41 Å². The van der Waals surface area contributed by atoms with Crippen LogP contribution in [0.25, 0.3) is 22.3 Å². The lowest BCUT2D eigenvalue weighted by molar-refractivity contribution is 0.769. The molecule has 0 bridgehead atoms. The van der Waals surface area contributed by atoms with E-state index >= 15 is 0 Å². The van der Waals surface area contributed by atoms with E-state index in [1.54, 1.807) is 0 Å². The van der Waals surface area contributed by atoms with Gasteiger partial charge >= 0.3 is 0 Å². The van der Waals surface area contributed by atoms with E-state index in [9.17, 15) is 0 Å². The van der Waals surface area contributed by atoms with E-state index in [0.29, 0.717) is 0 Å². The van der Waals surface area contributed by atoms with Gasteiger partial charge < -0.3 is 10.6 Å². The van der Waals surface area contributed by atoms with Gasteiger partial charge in [0.2, 0.25) is 0 Å². The van der Waals surface area contributed by atoms with Crippen molar-refractivity contribution in [1.29, 1.82) is 0 Å². The second-order valence-corrected chi connectivity index (χ2v) is 11.6. The first-order valence-electron chi connectivity index (χ1n) is 15.4. The molecule has 8 rings (SSSR count). The smallest absolute Gasteiger partial charge is 0.0714 e. The van der Waals surface area contributed by atoms with Crippen molar-refractivity contribution < 1.29 is 0 Å². The third kappa shape index (κ3) is 4.34. The highest BCUT2D eigenvalue weighted by molar-refractivity contribution is 5.93. The largest absolute Gasteiger partial charge is 0.398 e. The molecule has 0 aromatic heterocycles. The molecule has 1 aliphatic carbocycles. The Balaban J connectivity index is 1.28. The van der Waals surface area contributed by atoms with Crippen LogP contribution in [0.1, 0.15) is 22.3 Å². The van der Waals surface area contributed by atoms with E-state index in [4.69, 9.17) is 5.73 Å². The first-order valence-corrected chi connectivity index (χ1v) is 15.4. The highest BCUT2D eigenvalue weighted by atomic mass is 15.1. The SMILES string of the molecule is Nc1cc2c(cc1-c1ccc(N(c3ccccc3)c3ccccc3)cc1)-c1ccccc1C2(c1ccccc1)c1ccccc1. The van der Waals surface area contributed by atoms with Gasteiger partial charge in [-0.3, -0.25) is 0 Å². The third-order valence-corrected chi connectivity index (χ3v) is 9.09. The highest BCUT2D eigenvalue weighted by Crippen LogP contribution is 2.57. The van der Waals surface area contributed by atoms with Crippen LogP contribution in [-0.4, -0.2) is 0 Å². The molecule has 214 valence electrons. The van der Waals surface area contributed by atoms with Gasteiger partial charge in [-0.1, -0.05) is 133 Å². The summed E-state index contributed by atoms with van der Waals surface area (Å²) < 4.78 is 0. The second kappa shape index (κ2) is 11.0. The average molecular weight is 577 g/mol. The van der Waals surface area contributed by atoms with Gasteiger partial charge in [0.25, 0.3) is 0 Å². The van der Waals surface area contributed by atoms with E-state index < -0.39 is 5.41 Å². The molecule has 0 saturated heterocycles. The van der Waals surface area contributed by atoms with Gasteiger partial charge in [-0.05, 0) is 87.5 Å². The molecular formula is C43H32N2. The zero-order chi connectivity index (χ0) is 30.2. The van der Waals surface area contributed by atoms with Gasteiger partial charge in [0, 0.05) is 28.3 Å². The van der Waals surface area contributed by atoms with Crippen LogP contribution >= 0.6 is 0 Å². The molecule has 2 N–H and O–H groups in total. The summed E-state index contributed by atoms with van der Waals surface area (Å²) >= 11 is 0. The molecule has 0 radical (unpaired) electrons. The number of fused-ring (bicyclic) bond motifs is 3. The molecule has 0 atom stereocenters. The van der Waals surface area contributed by atoms with Gasteiger partial charge in [0.15, 0.2) is 0 Å².